The number of nitrogens with zero attached hydrogens (tertiary/aromatic N) is 1. The molecule has 0 N–H and O–H groups in total. The van der Waals surface area contributed by atoms with Crippen LogP contribution in [0.1, 0.15) is 19.8 Å². The Bertz CT molecular complexity index is 154. The summed E-state index contributed by atoms with van der Waals surface area (Å²) in [5, 5.41) is 0. The molecule has 1 aliphatic heterocycles. The van der Waals surface area contributed by atoms with Gasteiger partial charge in [0, 0.05) is 19.7 Å². The first-order valence-corrected chi connectivity index (χ1v) is 4.64. The zero-order valence-electron chi connectivity index (χ0n) is 7.75. The minimum atomic E-state index is 0.476. The number of rotatable bonds is 3. The molecule has 0 bridgehead atoms. The number of terminal acetylenes is 1. The van der Waals surface area contributed by atoms with E-state index in [1.807, 2.05) is 6.92 Å². The van der Waals surface area contributed by atoms with Gasteiger partial charge in [-0.25, -0.2) is 0 Å². The average Bonchev–Trinajstić information content (AvgIpc) is 2.09. The van der Waals surface area contributed by atoms with E-state index in [4.69, 9.17) is 11.2 Å². The number of piperidine rings is 1. The highest BCUT2D eigenvalue weighted by Gasteiger charge is 2.17. The van der Waals surface area contributed by atoms with E-state index in [0.717, 1.165) is 39.1 Å². The Hall–Kier alpha value is -0.520. The van der Waals surface area contributed by atoms with Crippen molar-refractivity contribution in [2.24, 2.45) is 0 Å². The van der Waals surface area contributed by atoms with Crippen LogP contribution in [0.25, 0.3) is 0 Å². The maximum absolute atomic E-state index is 5.53. The molecule has 1 fully saturated rings. The van der Waals surface area contributed by atoms with Gasteiger partial charge in [-0.2, -0.15) is 0 Å². The third-order valence-electron chi connectivity index (χ3n) is 2.25. The highest BCUT2D eigenvalue weighted by atomic mass is 16.5. The van der Waals surface area contributed by atoms with Gasteiger partial charge in [0.2, 0.25) is 0 Å². The van der Waals surface area contributed by atoms with E-state index in [1.54, 1.807) is 0 Å². The van der Waals surface area contributed by atoms with Crippen LogP contribution in [0.5, 0.6) is 0 Å². The summed E-state index contributed by atoms with van der Waals surface area (Å²) in [7, 11) is 0. The molecule has 0 saturated carbocycles. The number of ether oxygens (including phenoxy) is 1. The van der Waals surface area contributed by atoms with Crippen molar-refractivity contribution < 1.29 is 4.74 Å². The fourth-order valence-corrected chi connectivity index (χ4v) is 1.60. The molecule has 0 aliphatic carbocycles. The van der Waals surface area contributed by atoms with Crippen molar-refractivity contribution in [3.8, 4) is 12.3 Å². The van der Waals surface area contributed by atoms with Crippen LogP contribution in [0.4, 0.5) is 0 Å². The lowest BCUT2D eigenvalue weighted by atomic mass is 10.1. The first kappa shape index (κ1) is 9.57. The standard InChI is InChI=1S/C10H17NO/c1-3-7-11-8-5-10(6-9-11)12-4-2/h1,10H,4-9H2,2H3. The van der Waals surface area contributed by atoms with E-state index in [2.05, 4.69) is 10.8 Å². The largest absolute Gasteiger partial charge is 0.378 e. The van der Waals surface area contributed by atoms with Gasteiger partial charge in [-0.3, -0.25) is 4.90 Å². The predicted molar refractivity (Wildman–Crippen MR) is 49.9 cm³/mol. The van der Waals surface area contributed by atoms with Crippen LogP contribution >= 0.6 is 0 Å². The molecule has 0 aromatic heterocycles. The summed E-state index contributed by atoms with van der Waals surface area (Å²) in [6.07, 6.45) is 7.97. The Kier molecular flexibility index (Phi) is 4.13. The molecule has 0 spiro atoms. The predicted octanol–water partition coefficient (Wildman–Crippen LogP) is 1.12. The minimum absolute atomic E-state index is 0.476. The van der Waals surface area contributed by atoms with Crippen LogP contribution < -0.4 is 0 Å². The highest BCUT2D eigenvalue weighted by Crippen LogP contribution is 2.12. The van der Waals surface area contributed by atoms with Crippen LogP contribution in [0.2, 0.25) is 0 Å². The first-order chi connectivity index (χ1) is 5.86. The Morgan fingerprint density at radius 3 is 2.67 bits per heavy atom. The number of hydrogen-bond donors (Lipinski definition) is 0. The van der Waals surface area contributed by atoms with Crippen molar-refractivity contribution >= 4 is 0 Å². The van der Waals surface area contributed by atoms with E-state index in [0.29, 0.717) is 6.10 Å². The fraction of sp³-hybridized carbons (Fsp3) is 0.800. The van der Waals surface area contributed by atoms with Gasteiger partial charge in [-0.05, 0) is 19.8 Å². The molecule has 0 aromatic rings. The molecule has 0 unspecified atom stereocenters. The van der Waals surface area contributed by atoms with Crippen molar-refractivity contribution in [2.75, 3.05) is 26.2 Å². The minimum Gasteiger partial charge on any atom is -0.378 e. The van der Waals surface area contributed by atoms with Gasteiger partial charge in [0.1, 0.15) is 0 Å². The van der Waals surface area contributed by atoms with Crippen molar-refractivity contribution in [3.05, 3.63) is 0 Å². The molecule has 1 saturated heterocycles. The van der Waals surface area contributed by atoms with E-state index < -0.39 is 0 Å². The third-order valence-corrected chi connectivity index (χ3v) is 2.25. The molecular formula is C10H17NO. The van der Waals surface area contributed by atoms with Crippen LogP contribution in [-0.2, 0) is 4.74 Å². The summed E-state index contributed by atoms with van der Waals surface area (Å²) in [4.78, 5) is 2.30. The topological polar surface area (TPSA) is 12.5 Å². The third kappa shape index (κ3) is 2.84. The molecule has 1 rings (SSSR count). The van der Waals surface area contributed by atoms with Crippen LogP contribution in [0.15, 0.2) is 0 Å². The molecule has 2 nitrogen and oxygen atoms in total. The summed E-state index contributed by atoms with van der Waals surface area (Å²) < 4.78 is 5.53. The molecule has 0 aromatic carbocycles. The normalized spacial score (nSPS) is 20.7. The number of likely N-dealkylation sites (tertiary alicyclic amines) is 1. The summed E-state index contributed by atoms with van der Waals surface area (Å²) in [6.45, 7) is 5.86. The second-order valence-corrected chi connectivity index (χ2v) is 3.13. The Balaban J connectivity index is 2.16. The second-order valence-electron chi connectivity index (χ2n) is 3.13. The van der Waals surface area contributed by atoms with Crippen molar-refractivity contribution in [1.82, 2.24) is 4.90 Å². The summed E-state index contributed by atoms with van der Waals surface area (Å²) in [5.74, 6) is 2.67. The molecule has 68 valence electrons. The van der Waals surface area contributed by atoms with Gasteiger partial charge in [0.15, 0.2) is 0 Å². The molecule has 12 heavy (non-hydrogen) atoms. The maximum atomic E-state index is 5.53. The second kappa shape index (κ2) is 5.18. The lowest BCUT2D eigenvalue weighted by Crippen LogP contribution is -2.37. The van der Waals surface area contributed by atoms with E-state index >= 15 is 0 Å². The van der Waals surface area contributed by atoms with Crippen molar-refractivity contribution in [1.29, 1.82) is 0 Å². The molecule has 0 radical (unpaired) electrons. The van der Waals surface area contributed by atoms with E-state index in [-0.39, 0.29) is 0 Å². The summed E-state index contributed by atoms with van der Waals surface area (Å²) in [5.41, 5.74) is 0. The van der Waals surface area contributed by atoms with Gasteiger partial charge in [-0.1, -0.05) is 5.92 Å². The van der Waals surface area contributed by atoms with Crippen LogP contribution in [0.3, 0.4) is 0 Å². The lowest BCUT2D eigenvalue weighted by Gasteiger charge is -2.30. The molecule has 0 amide bonds. The van der Waals surface area contributed by atoms with Gasteiger partial charge in [0.05, 0.1) is 12.6 Å². The van der Waals surface area contributed by atoms with Gasteiger partial charge in [-0.15, -0.1) is 6.42 Å². The smallest absolute Gasteiger partial charge is 0.0599 e. The molecule has 2 heteroatoms. The molecule has 1 heterocycles. The molecular weight excluding hydrogens is 150 g/mol. The lowest BCUT2D eigenvalue weighted by molar-refractivity contribution is 0.0171. The summed E-state index contributed by atoms with van der Waals surface area (Å²) >= 11 is 0. The number of hydrogen-bond acceptors (Lipinski definition) is 2. The van der Waals surface area contributed by atoms with E-state index in [9.17, 15) is 0 Å². The van der Waals surface area contributed by atoms with E-state index in [1.165, 1.54) is 0 Å². The van der Waals surface area contributed by atoms with Crippen molar-refractivity contribution in [2.45, 2.75) is 25.9 Å². The summed E-state index contributed by atoms with van der Waals surface area (Å²) in [6, 6.07) is 0. The van der Waals surface area contributed by atoms with Crippen LogP contribution in [-0.4, -0.2) is 37.2 Å². The zero-order valence-corrected chi connectivity index (χ0v) is 7.75. The first-order valence-electron chi connectivity index (χ1n) is 4.64. The maximum Gasteiger partial charge on any atom is 0.0599 e. The molecule has 0 atom stereocenters. The quantitative estimate of drug-likeness (QED) is 0.584. The van der Waals surface area contributed by atoms with Gasteiger partial charge in [0.25, 0.3) is 0 Å². The SMILES string of the molecule is C#CCN1CCC(OCC)CC1. The van der Waals surface area contributed by atoms with Gasteiger partial charge < -0.3 is 4.74 Å². The Morgan fingerprint density at radius 1 is 1.50 bits per heavy atom. The van der Waals surface area contributed by atoms with Gasteiger partial charge >= 0.3 is 0 Å². The highest BCUT2D eigenvalue weighted by molar-refractivity contribution is 4.89. The van der Waals surface area contributed by atoms with Crippen molar-refractivity contribution in [3.63, 3.8) is 0 Å². The average molecular weight is 167 g/mol. The monoisotopic (exact) mass is 167 g/mol. The molecule has 1 aliphatic rings. The Labute approximate surface area is 74.9 Å². The zero-order chi connectivity index (χ0) is 8.81. The van der Waals surface area contributed by atoms with Crippen LogP contribution in [0, 0.1) is 12.3 Å². The Morgan fingerprint density at radius 2 is 2.17 bits per heavy atom. The fourth-order valence-electron chi connectivity index (χ4n) is 1.60.